The van der Waals surface area contributed by atoms with Gasteiger partial charge in [-0.25, -0.2) is 0 Å². The lowest BCUT2D eigenvalue weighted by Gasteiger charge is -2.05. The molecule has 0 atom stereocenters. The summed E-state index contributed by atoms with van der Waals surface area (Å²) < 4.78 is 4.11. The van der Waals surface area contributed by atoms with Crippen molar-refractivity contribution < 1.29 is 0 Å². The first-order valence-corrected chi connectivity index (χ1v) is 8.59. The summed E-state index contributed by atoms with van der Waals surface area (Å²) in [6, 6.07) is 14.3. The normalized spacial score (nSPS) is 10.8. The molecule has 3 aromatic rings. The molecule has 1 heterocycles. The van der Waals surface area contributed by atoms with E-state index in [1.807, 2.05) is 35.3 Å². The van der Waals surface area contributed by atoms with E-state index in [-0.39, 0.29) is 0 Å². The van der Waals surface area contributed by atoms with Gasteiger partial charge in [-0.05, 0) is 58.0 Å². The van der Waals surface area contributed by atoms with E-state index in [4.69, 9.17) is 11.6 Å². The Bertz CT molecular complexity index is 785. The minimum absolute atomic E-state index is 0.663. The van der Waals surface area contributed by atoms with Crippen molar-refractivity contribution in [3.8, 4) is 11.1 Å². The Morgan fingerprint density at radius 1 is 1.14 bits per heavy atom. The Morgan fingerprint density at radius 2 is 2.00 bits per heavy atom. The number of nitrogens with zero attached hydrogens (tertiary/aromatic N) is 2. The molecule has 0 radical (unpaired) electrons. The van der Waals surface area contributed by atoms with Gasteiger partial charge in [-0.3, -0.25) is 4.68 Å². The lowest BCUT2D eigenvalue weighted by atomic mass is 10.1. The van der Waals surface area contributed by atoms with Crippen LogP contribution in [0.4, 0.5) is 0 Å². The molecule has 2 nitrogen and oxygen atoms in total. The van der Waals surface area contributed by atoms with Gasteiger partial charge in [0, 0.05) is 24.8 Å². The van der Waals surface area contributed by atoms with Gasteiger partial charge in [0.25, 0.3) is 0 Å². The molecule has 0 saturated heterocycles. The molecule has 0 aliphatic carbocycles. The molecular weight excluding hydrogens is 462 g/mol. The number of halogens is 3. The van der Waals surface area contributed by atoms with Crippen LogP contribution in [0.5, 0.6) is 0 Å². The predicted molar refractivity (Wildman–Crippen MR) is 98.6 cm³/mol. The first-order valence-electron chi connectivity index (χ1n) is 6.34. The highest BCUT2D eigenvalue weighted by Crippen LogP contribution is 2.24. The molecule has 0 amide bonds. The largest absolute Gasteiger partial charge is 0.268 e. The monoisotopic (exact) mass is 472 g/mol. The SMILES string of the molecule is Clc1cc(Br)ccc1Cn1cc(-c2cccc(I)c2)cn1. The Morgan fingerprint density at radius 3 is 2.76 bits per heavy atom. The smallest absolute Gasteiger partial charge is 0.0674 e. The topological polar surface area (TPSA) is 17.8 Å². The van der Waals surface area contributed by atoms with Gasteiger partial charge in [0.15, 0.2) is 0 Å². The molecule has 21 heavy (non-hydrogen) atoms. The zero-order valence-corrected chi connectivity index (χ0v) is 15.4. The van der Waals surface area contributed by atoms with Crippen LogP contribution >= 0.6 is 50.1 Å². The fourth-order valence-corrected chi connectivity index (χ4v) is 3.37. The molecule has 0 saturated carbocycles. The van der Waals surface area contributed by atoms with Crippen LogP contribution in [-0.2, 0) is 6.54 Å². The summed E-state index contributed by atoms with van der Waals surface area (Å²) in [6.07, 6.45) is 3.93. The second-order valence-electron chi connectivity index (χ2n) is 4.67. The Balaban J connectivity index is 1.85. The van der Waals surface area contributed by atoms with Crippen molar-refractivity contribution in [3.63, 3.8) is 0 Å². The molecule has 5 heteroatoms. The number of benzene rings is 2. The molecule has 0 bridgehead atoms. The summed E-state index contributed by atoms with van der Waals surface area (Å²) in [4.78, 5) is 0. The first kappa shape index (κ1) is 15.1. The van der Waals surface area contributed by atoms with Crippen LogP contribution in [0.3, 0.4) is 0 Å². The molecule has 3 rings (SSSR count). The third-order valence-electron chi connectivity index (χ3n) is 3.14. The van der Waals surface area contributed by atoms with Gasteiger partial charge in [0.2, 0.25) is 0 Å². The summed E-state index contributed by atoms with van der Waals surface area (Å²) in [7, 11) is 0. The number of hydrogen-bond acceptors (Lipinski definition) is 1. The minimum Gasteiger partial charge on any atom is -0.268 e. The lowest BCUT2D eigenvalue weighted by Crippen LogP contribution is -2.00. The zero-order chi connectivity index (χ0) is 14.8. The number of hydrogen-bond donors (Lipinski definition) is 0. The van der Waals surface area contributed by atoms with Gasteiger partial charge in [-0.1, -0.05) is 45.7 Å². The quantitative estimate of drug-likeness (QED) is 0.452. The van der Waals surface area contributed by atoms with Crippen LogP contribution in [0.15, 0.2) is 59.3 Å². The van der Waals surface area contributed by atoms with E-state index in [0.29, 0.717) is 6.54 Å². The average Bonchev–Trinajstić information content (AvgIpc) is 2.91. The first-order chi connectivity index (χ1) is 10.1. The molecule has 0 aliphatic rings. The van der Waals surface area contributed by atoms with Gasteiger partial charge in [0.1, 0.15) is 0 Å². The summed E-state index contributed by atoms with van der Waals surface area (Å²) in [5.41, 5.74) is 3.34. The van der Waals surface area contributed by atoms with Gasteiger partial charge in [-0.2, -0.15) is 5.10 Å². The molecule has 0 aliphatic heterocycles. The van der Waals surface area contributed by atoms with Gasteiger partial charge >= 0.3 is 0 Å². The van der Waals surface area contributed by atoms with E-state index in [2.05, 4.69) is 67.9 Å². The molecule has 0 fully saturated rings. The van der Waals surface area contributed by atoms with Gasteiger partial charge < -0.3 is 0 Å². The van der Waals surface area contributed by atoms with Crippen LogP contribution in [-0.4, -0.2) is 9.78 Å². The van der Waals surface area contributed by atoms with E-state index in [0.717, 1.165) is 20.6 Å². The summed E-state index contributed by atoms with van der Waals surface area (Å²) >= 11 is 12.0. The molecule has 106 valence electrons. The van der Waals surface area contributed by atoms with Crippen LogP contribution in [0.25, 0.3) is 11.1 Å². The van der Waals surface area contributed by atoms with Crippen LogP contribution in [0.1, 0.15) is 5.56 Å². The molecule has 2 aromatic carbocycles. The van der Waals surface area contributed by atoms with Crippen molar-refractivity contribution in [1.82, 2.24) is 9.78 Å². The number of rotatable bonds is 3. The molecule has 0 N–H and O–H groups in total. The van der Waals surface area contributed by atoms with Crippen molar-refractivity contribution in [2.45, 2.75) is 6.54 Å². The maximum Gasteiger partial charge on any atom is 0.0674 e. The average molecular weight is 474 g/mol. The second kappa shape index (κ2) is 6.50. The van der Waals surface area contributed by atoms with E-state index in [1.165, 1.54) is 9.13 Å². The fraction of sp³-hybridized carbons (Fsp3) is 0.0625. The van der Waals surface area contributed by atoms with E-state index >= 15 is 0 Å². The molecular formula is C16H11BrClIN2. The van der Waals surface area contributed by atoms with Crippen LogP contribution < -0.4 is 0 Å². The van der Waals surface area contributed by atoms with Crippen LogP contribution in [0.2, 0.25) is 5.02 Å². The van der Waals surface area contributed by atoms with Gasteiger partial charge in [0.05, 0.1) is 12.7 Å². The molecule has 0 spiro atoms. The highest BCUT2D eigenvalue weighted by atomic mass is 127. The molecule has 0 unspecified atom stereocenters. The fourth-order valence-electron chi connectivity index (χ4n) is 2.09. The third-order valence-corrected chi connectivity index (χ3v) is 4.65. The molecule has 1 aromatic heterocycles. The Hall–Kier alpha value is -0.850. The van der Waals surface area contributed by atoms with Crippen molar-refractivity contribution in [2.24, 2.45) is 0 Å². The maximum absolute atomic E-state index is 6.25. The summed E-state index contributed by atoms with van der Waals surface area (Å²) in [6.45, 7) is 0.663. The number of aromatic nitrogens is 2. The lowest BCUT2D eigenvalue weighted by molar-refractivity contribution is 0.687. The van der Waals surface area contributed by atoms with Crippen LogP contribution in [0, 0.1) is 3.57 Å². The highest BCUT2D eigenvalue weighted by molar-refractivity contribution is 14.1. The van der Waals surface area contributed by atoms with Gasteiger partial charge in [-0.15, -0.1) is 0 Å². The predicted octanol–water partition coefficient (Wildman–Crippen LogP) is 5.62. The standard InChI is InChI=1S/C16H11BrClIN2/c17-14-5-4-12(16(18)7-14)9-21-10-13(8-20-21)11-2-1-3-15(19)6-11/h1-8,10H,9H2. The highest BCUT2D eigenvalue weighted by Gasteiger charge is 2.05. The Kier molecular flexibility index (Phi) is 4.66. The van der Waals surface area contributed by atoms with E-state index in [9.17, 15) is 0 Å². The van der Waals surface area contributed by atoms with Crippen molar-refractivity contribution >= 4 is 50.1 Å². The summed E-state index contributed by atoms with van der Waals surface area (Å²) in [5.74, 6) is 0. The third kappa shape index (κ3) is 3.67. The van der Waals surface area contributed by atoms with Crippen molar-refractivity contribution in [2.75, 3.05) is 0 Å². The van der Waals surface area contributed by atoms with E-state index < -0.39 is 0 Å². The maximum atomic E-state index is 6.25. The second-order valence-corrected chi connectivity index (χ2v) is 7.24. The van der Waals surface area contributed by atoms with E-state index in [1.54, 1.807) is 0 Å². The minimum atomic E-state index is 0.663. The van der Waals surface area contributed by atoms with Crippen molar-refractivity contribution in [3.05, 3.63) is 73.5 Å². The van der Waals surface area contributed by atoms with Crippen molar-refractivity contribution in [1.29, 1.82) is 0 Å². The zero-order valence-electron chi connectivity index (χ0n) is 10.9. The summed E-state index contributed by atoms with van der Waals surface area (Å²) in [5, 5.41) is 5.17. The Labute approximate surface area is 150 Å².